The monoisotopic (exact) mass is 345 g/mol. The molecule has 0 bridgehead atoms. The molecule has 2 fully saturated rings. The Bertz CT molecular complexity index is 555. The average molecular weight is 345 g/mol. The first-order chi connectivity index (χ1) is 12.2. The molecule has 1 atom stereocenters. The van der Waals surface area contributed by atoms with Crippen molar-refractivity contribution < 1.29 is 9.53 Å². The van der Waals surface area contributed by atoms with Gasteiger partial charge in [-0.05, 0) is 50.3 Å². The highest BCUT2D eigenvalue weighted by Crippen LogP contribution is 2.24. The summed E-state index contributed by atoms with van der Waals surface area (Å²) in [5, 5.41) is 0. The Morgan fingerprint density at radius 3 is 2.80 bits per heavy atom. The van der Waals surface area contributed by atoms with Gasteiger partial charge >= 0.3 is 0 Å². The Morgan fingerprint density at radius 2 is 2.12 bits per heavy atom. The zero-order chi connectivity index (χ0) is 17.6. The minimum absolute atomic E-state index is 0.122. The molecule has 138 valence electrons. The van der Waals surface area contributed by atoms with Crippen molar-refractivity contribution >= 4 is 5.91 Å². The summed E-state index contributed by atoms with van der Waals surface area (Å²) >= 11 is 0. The topological polar surface area (TPSA) is 45.7 Å². The van der Waals surface area contributed by atoms with E-state index in [0.717, 1.165) is 64.1 Å². The van der Waals surface area contributed by atoms with Gasteiger partial charge in [0.05, 0.1) is 18.2 Å². The lowest BCUT2D eigenvalue weighted by Crippen LogP contribution is -2.48. The number of rotatable bonds is 5. The van der Waals surface area contributed by atoms with Crippen molar-refractivity contribution in [2.75, 3.05) is 33.4 Å². The molecule has 0 radical (unpaired) electrons. The molecule has 0 aromatic carbocycles. The van der Waals surface area contributed by atoms with Crippen molar-refractivity contribution in [1.29, 1.82) is 0 Å². The molecule has 0 unspecified atom stereocenters. The van der Waals surface area contributed by atoms with Crippen LogP contribution in [0.25, 0.3) is 0 Å². The van der Waals surface area contributed by atoms with Crippen LogP contribution in [0.15, 0.2) is 18.3 Å². The Morgan fingerprint density at radius 1 is 1.32 bits per heavy atom. The first-order valence-corrected chi connectivity index (χ1v) is 9.68. The third-order valence-electron chi connectivity index (χ3n) is 5.58. The number of ether oxygens (including phenoxy) is 1. The van der Waals surface area contributed by atoms with Crippen LogP contribution in [0.5, 0.6) is 0 Å². The highest BCUT2D eigenvalue weighted by Gasteiger charge is 2.31. The third kappa shape index (κ3) is 4.79. The Hall–Kier alpha value is -1.46. The molecule has 1 amide bonds. The van der Waals surface area contributed by atoms with Crippen molar-refractivity contribution in [3.8, 4) is 0 Å². The zero-order valence-corrected chi connectivity index (χ0v) is 15.6. The van der Waals surface area contributed by atoms with Gasteiger partial charge in [0.15, 0.2) is 0 Å². The van der Waals surface area contributed by atoms with Crippen LogP contribution in [-0.4, -0.2) is 60.1 Å². The normalized spacial score (nSPS) is 22.7. The molecule has 0 saturated carbocycles. The van der Waals surface area contributed by atoms with Gasteiger partial charge in [0.1, 0.15) is 0 Å². The van der Waals surface area contributed by atoms with E-state index in [-0.39, 0.29) is 11.8 Å². The fourth-order valence-corrected chi connectivity index (χ4v) is 3.98. The van der Waals surface area contributed by atoms with E-state index in [1.807, 2.05) is 24.2 Å². The molecule has 0 N–H and O–H groups in total. The number of likely N-dealkylation sites (tertiary alicyclic amines) is 1. The van der Waals surface area contributed by atoms with E-state index in [4.69, 9.17) is 4.74 Å². The van der Waals surface area contributed by atoms with Crippen molar-refractivity contribution in [2.24, 2.45) is 5.92 Å². The lowest BCUT2D eigenvalue weighted by Gasteiger charge is -2.40. The molecule has 1 aromatic heterocycles. The van der Waals surface area contributed by atoms with Crippen LogP contribution in [0.2, 0.25) is 0 Å². The fraction of sp³-hybridized carbons (Fsp3) is 0.700. The number of piperidine rings is 1. The average Bonchev–Trinajstić information content (AvgIpc) is 2.68. The highest BCUT2D eigenvalue weighted by atomic mass is 16.5. The number of carbonyl (C=O) groups excluding carboxylic acids is 1. The molecule has 1 aromatic rings. The van der Waals surface area contributed by atoms with Crippen LogP contribution >= 0.6 is 0 Å². The van der Waals surface area contributed by atoms with Crippen molar-refractivity contribution in [1.82, 2.24) is 14.8 Å². The molecule has 0 aliphatic carbocycles. The summed E-state index contributed by atoms with van der Waals surface area (Å²) in [6.45, 7) is 6.46. The van der Waals surface area contributed by atoms with Gasteiger partial charge in [-0.25, -0.2) is 0 Å². The van der Waals surface area contributed by atoms with E-state index in [1.54, 1.807) is 0 Å². The summed E-state index contributed by atoms with van der Waals surface area (Å²) in [7, 11) is 1.91. The van der Waals surface area contributed by atoms with Gasteiger partial charge < -0.3 is 9.64 Å². The van der Waals surface area contributed by atoms with Gasteiger partial charge in [0.25, 0.3) is 0 Å². The second kappa shape index (κ2) is 8.77. The fourth-order valence-electron chi connectivity index (χ4n) is 3.98. The van der Waals surface area contributed by atoms with E-state index in [1.165, 1.54) is 5.56 Å². The first kappa shape index (κ1) is 18.3. The van der Waals surface area contributed by atoms with Crippen LogP contribution < -0.4 is 0 Å². The van der Waals surface area contributed by atoms with Crippen molar-refractivity contribution in [2.45, 2.75) is 51.6 Å². The number of aryl methyl sites for hydroxylation is 1. The Kier molecular flexibility index (Phi) is 6.43. The summed E-state index contributed by atoms with van der Waals surface area (Å²) in [4.78, 5) is 21.8. The number of nitrogens with zero attached hydrogens (tertiary/aromatic N) is 3. The SMILES string of the molecule is CCc1ccc(CN(C)C(=O)[C@@H]2CCCN(C3CCOCC3)C2)nc1. The molecule has 3 heterocycles. The molecule has 3 rings (SSSR count). The molecule has 2 saturated heterocycles. The maximum Gasteiger partial charge on any atom is 0.227 e. The second-order valence-corrected chi connectivity index (χ2v) is 7.38. The lowest BCUT2D eigenvalue weighted by molar-refractivity contribution is -0.137. The number of amides is 1. The second-order valence-electron chi connectivity index (χ2n) is 7.38. The molecule has 0 spiro atoms. The molecule has 25 heavy (non-hydrogen) atoms. The zero-order valence-electron chi connectivity index (χ0n) is 15.6. The van der Waals surface area contributed by atoms with Crippen LogP contribution in [0.4, 0.5) is 0 Å². The minimum Gasteiger partial charge on any atom is -0.381 e. The summed E-state index contributed by atoms with van der Waals surface area (Å²) in [6.07, 6.45) is 7.23. The first-order valence-electron chi connectivity index (χ1n) is 9.68. The summed E-state index contributed by atoms with van der Waals surface area (Å²) in [5.41, 5.74) is 2.20. The standard InChI is InChI=1S/C20H31N3O2/c1-3-16-6-7-18(21-13-16)15-22(2)20(24)17-5-4-10-23(14-17)19-8-11-25-12-9-19/h6-7,13,17,19H,3-5,8-12,14-15H2,1-2H3/t17-/m1/s1. The Balaban J connectivity index is 1.55. The van der Waals surface area contributed by atoms with E-state index < -0.39 is 0 Å². The number of pyridine rings is 1. The van der Waals surface area contributed by atoms with Gasteiger partial charge in [0.2, 0.25) is 5.91 Å². The molecule has 2 aliphatic rings. The molecule has 2 aliphatic heterocycles. The lowest BCUT2D eigenvalue weighted by atomic mass is 9.93. The number of hydrogen-bond acceptors (Lipinski definition) is 4. The maximum atomic E-state index is 12.9. The predicted octanol–water partition coefficient (Wildman–Crippen LogP) is 2.49. The van der Waals surface area contributed by atoms with Gasteiger partial charge in [-0.3, -0.25) is 14.7 Å². The van der Waals surface area contributed by atoms with E-state index >= 15 is 0 Å². The maximum absolute atomic E-state index is 12.9. The largest absolute Gasteiger partial charge is 0.381 e. The van der Waals surface area contributed by atoms with E-state index in [0.29, 0.717) is 12.6 Å². The van der Waals surface area contributed by atoms with Gasteiger partial charge in [-0.15, -0.1) is 0 Å². The van der Waals surface area contributed by atoms with E-state index in [9.17, 15) is 4.79 Å². The predicted molar refractivity (Wildman–Crippen MR) is 98.2 cm³/mol. The molecular weight excluding hydrogens is 314 g/mol. The van der Waals surface area contributed by atoms with Crippen LogP contribution in [-0.2, 0) is 22.5 Å². The number of carbonyl (C=O) groups is 1. The van der Waals surface area contributed by atoms with Crippen molar-refractivity contribution in [3.05, 3.63) is 29.6 Å². The number of hydrogen-bond donors (Lipinski definition) is 0. The quantitative estimate of drug-likeness (QED) is 0.822. The van der Waals surface area contributed by atoms with Gasteiger partial charge in [0, 0.05) is 39.0 Å². The Labute approximate surface area is 151 Å². The summed E-state index contributed by atoms with van der Waals surface area (Å²) < 4.78 is 5.48. The van der Waals surface area contributed by atoms with Crippen LogP contribution in [0.1, 0.15) is 43.9 Å². The third-order valence-corrected chi connectivity index (χ3v) is 5.58. The highest BCUT2D eigenvalue weighted by molar-refractivity contribution is 5.78. The number of aromatic nitrogens is 1. The minimum atomic E-state index is 0.122. The van der Waals surface area contributed by atoms with E-state index in [2.05, 4.69) is 22.9 Å². The summed E-state index contributed by atoms with van der Waals surface area (Å²) in [6, 6.07) is 4.74. The molecule has 5 heteroatoms. The van der Waals surface area contributed by atoms with Crippen LogP contribution in [0.3, 0.4) is 0 Å². The smallest absolute Gasteiger partial charge is 0.227 e. The molecular formula is C20H31N3O2. The summed E-state index contributed by atoms with van der Waals surface area (Å²) in [5.74, 6) is 0.384. The van der Waals surface area contributed by atoms with Gasteiger partial charge in [-0.1, -0.05) is 13.0 Å². The van der Waals surface area contributed by atoms with Crippen LogP contribution in [0, 0.1) is 5.92 Å². The molecule has 5 nitrogen and oxygen atoms in total. The van der Waals surface area contributed by atoms with Crippen molar-refractivity contribution in [3.63, 3.8) is 0 Å². The van der Waals surface area contributed by atoms with Gasteiger partial charge in [-0.2, -0.15) is 0 Å².